The second kappa shape index (κ2) is 15.1. The molecular formula is C57H58N4. The first-order valence-electron chi connectivity index (χ1n) is 22.1. The van der Waals surface area contributed by atoms with E-state index in [0.717, 1.165) is 35.0 Å². The minimum absolute atomic E-state index is 0.0282. The lowest BCUT2D eigenvalue weighted by molar-refractivity contribution is 0.590. The molecule has 8 aromatic carbocycles. The van der Waals surface area contributed by atoms with Gasteiger partial charge < -0.3 is 15.1 Å². The summed E-state index contributed by atoms with van der Waals surface area (Å²) in [7, 11) is 0. The van der Waals surface area contributed by atoms with Crippen molar-refractivity contribution >= 4 is 66.4 Å². The summed E-state index contributed by atoms with van der Waals surface area (Å²) in [6.07, 6.45) is 0. The van der Waals surface area contributed by atoms with Crippen LogP contribution in [-0.2, 0) is 10.8 Å². The van der Waals surface area contributed by atoms with Crippen LogP contribution in [0.2, 0.25) is 0 Å². The van der Waals surface area contributed by atoms with Crippen molar-refractivity contribution in [3.63, 3.8) is 0 Å². The van der Waals surface area contributed by atoms with E-state index >= 15 is 0 Å². The molecule has 4 nitrogen and oxygen atoms in total. The molecule has 0 aromatic heterocycles. The largest absolute Gasteiger partial charge is 0.310 e. The monoisotopic (exact) mass is 798 g/mol. The van der Waals surface area contributed by atoms with Crippen LogP contribution in [0.1, 0.15) is 120 Å². The third-order valence-corrected chi connectivity index (χ3v) is 12.8. The van der Waals surface area contributed by atoms with Gasteiger partial charge in [0.1, 0.15) is 0 Å². The van der Waals surface area contributed by atoms with Gasteiger partial charge in [0.2, 0.25) is 0 Å². The number of nitrogens with one attached hydrogen (secondary N) is 1. The van der Waals surface area contributed by atoms with E-state index in [9.17, 15) is 5.26 Å². The van der Waals surface area contributed by atoms with Crippen molar-refractivity contribution in [3.8, 4) is 6.07 Å². The minimum atomic E-state index is 0.0282. The van der Waals surface area contributed by atoms with Crippen molar-refractivity contribution in [1.82, 2.24) is 5.32 Å². The van der Waals surface area contributed by atoms with Crippen molar-refractivity contribution < 1.29 is 0 Å². The van der Waals surface area contributed by atoms with E-state index in [1.54, 1.807) is 0 Å². The maximum atomic E-state index is 9.78. The number of benzene rings is 8. The van der Waals surface area contributed by atoms with Gasteiger partial charge in [0.15, 0.2) is 0 Å². The van der Waals surface area contributed by atoms with E-state index in [-0.39, 0.29) is 22.7 Å². The van der Waals surface area contributed by atoms with Crippen LogP contribution in [0.25, 0.3) is 32.3 Å². The molecule has 0 spiro atoms. The zero-order chi connectivity index (χ0) is 43.0. The van der Waals surface area contributed by atoms with Gasteiger partial charge in [0, 0.05) is 46.1 Å². The lowest BCUT2D eigenvalue weighted by Crippen LogP contribution is -2.14. The molecule has 4 heteroatoms. The fourth-order valence-corrected chi connectivity index (χ4v) is 9.25. The van der Waals surface area contributed by atoms with Crippen LogP contribution in [-0.4, -0.2) is 6.54 Å². The van der Waals surface area contributed by atoms with Crippen LogP contribution in [0, 0.1) is 11.3 Å². The van der Waals surface area contributed by atoms with Gasteiger partial charge >= 0.3 is 0 Å². The summed E-state index contributed by atoms with van der Waals surface area (Å²) in [5.74, 6) is 0.563. The Kier molecular flexibility index (Phi) is 9.96. The second-order valence-corrected chi connectivity index (χ2v) is 19.8. The molecule has 1 heterocycles. The van der Waals surface area contributed by atoms with Crippen LogP contribution in [0.15, 0.2) is 133 Å². The summed E-state index contributed by atoms with van der Waals surface area (Å²) in [5, 5.41) is 20.9. The highest BCUT2D eigenvalue weighted by Crippen LogP contribution is 2.51. The molecule has 8 aromatic rings. The molecule has 1 N–H and O–H groups in total. The molecule has 1 atom stereocenters. The summed E-state index contributed by atoms with van der Waals surface area (Å²) in [6, 6.07) is 52.7. The van der Waals surface area contributed by atoms with Gasteiger partial charge in [-0.25, -0.2) is 0 Å². The second-order valence-electron chi connectivity index (χ2n) is 19.8. The van der Waals surface area contributed by atoms with Crippen molar-refractivity contribution in [2.75, 3.05) is 16.3 Å². The predicted octanol–water partition coefficient (Wildman–Crippen LogP) is 15.9. The summed E-state index contributed by atoms with van der Waals surface area (Å²) in [4.78, 5) is 4.88. The van der Waals surface area contributed by atoms with E-state index in [1.807, 2.05) is 12.1 Å². The first-order chi connectivity index (χ1) is 29.1. The van der Waals surface area contributed by atoms with Gasteiger partial charge in [0.05, 0.1) is 23.0 Å². The van der Waals surface area contributed by atoms with Crippen LogP contribution in [0.4, 0.5) is 34.1 Å². The van der Waals surface area contributed by atoms with Gasteiger partial charge in [-0.3, -0.25) is 0 Å². The summed E-state index contributed by atoms with van der Waals surface area (Å²) in [5.41, 5.74) is 14.0. The molecule has 61 heavy (non-hydrogen) atoms. The number of nitriles is 1. The molecule has 306 valence electrons. The number of nitrogens with zero attached hydrogens (tertiary/aromatic N) is 3. The van der Waals surface area contributed by atoms with Crippen molar-refractivity contribution in [1.29, 1.82) is 5.26 Å². The SMILES string of the molecule is CC(C)c1cc(N(c2ccc(C#N)cc2)c2ccc(C(C)(C)C)cc2)c2ccc3c(C(C)C)cc(N(c4ccc([C@@H]5CN5)cc4)c4ccc(C(C)(C)C)cc4)c4ccc1c2c34. The summed E-state index contributed by atoms with van der Waals surface area (Å²) >= 11 is 0. The highest BCUT2D eigenvalue weighted by molar-refractivity contribution is 6.29. The normalized spacial score (nSPS) is 14.4. The Hall–Kier alpha value is -6.15. The Balaban J connectivity index is 1.36. The predicted molar refractivity (Wildman–Crippen MR) is 261 cm³/mol. The standard InChI is InChI=1S/C57H58N4/c1-35(2)49-31-52(60(41-19-11-37(33-58)12-20-41)43-23-15-39(16-24-43)56(5,6)7)47-29-27-46-50(36(3)4)32-53(48-30-28-45(49)54(47)55(46)48)61(42-21-13-38(14-22-42)51-34-59-51)44-25-17-40(18-26-44)57(8,9)10/h11-32,35-36,51,59H,34H2,1-10H3/t51-/m0/s1. The van der Waals surface area contributed by atoms with Crippen molar-refractivity contribution in [2.45, 2.75) is 97.9 Å². The number of anilines is 6. The maximum Gasteiger partial charge on any atom is 0.0991 e. The van der Waals surface area contributed by atoms with Crippen LogP contribution in [0.3, 0.4) is 0 Å². The third kappa shape index (κ3) is 7.30. The van der Waals surface area contributed by atoms with E-state index in [1.165, 1.54) is 65.8 Å². The first-order valence-corrected chi connectivity index (χ1v) is 22.1. The lowest BCUT2D eigenvalue weighted by Gasteiger charge is -2.32. The molecule has 1 saturated heterocycles. The molecule has 0 bridgehead atoms. The van der Waals surface area contributed by atoms with Gasteiger partial charge in [-0.15, -0.1) is 0 Å². The smallest absolute Gasteiger partial charge is 0.0991 e. The van der Waals surface area contributed by atoms with Crippen LogP contribution >= 0.6 is 0 Å². The van der Waals surface area contributed by atoms with Gasteiger partial charge in [0.25, 0.3) is 0 Å². The number of rotatable bonds is 9. The quantitative estimate of drug-likeness (QED) is 0.117. The first kappa shape index (κ1) is 40.3. The molecule has 1 fully saturated rings. The van der Waals surface area contributed by atoms with Crippen LogP contribution < -0.4 is 15.1 Å². The average molecular weight is 799 g/mol. The number of hydrogen-bond acceptors (Lipinski definition) is 4. The van der Waals surface area contributed by atoms with E-state index in [4.69, 9.17) is 0 Å². The summed E-state index contributed by atoms with van der Waals surface area (Å²) < 4.78 is 0. The molecule has 0 saturated carbocycles. The number of hydrogen-bond donors (Lipinski definition) is 1. The molecule has 1 aliphatic rings. The zero-order valence-electron chi connectivity index (χ0n) is 37.5. The van der Waals surface area contributed by atoms with Gasteiger partial charge in [-0.1, -0.05) is 130 Å². The fourth-order valence-electron chi connectivity index (χ4n) is 9.25. The van der Waals surface area contributed by atoms with Gasteiger partial charge in [-0.2, -0.15) is 5.26 Å². The molecule has 1 aliphatic heterocycles. The topological polar surface area (TPSA) is 52.2 Å². The van der Waals surface area contributed by atoms with Crippen molar-refractivity contribution in [2.24, 2.45) is 0 Å². The Morgan fingerprint density at radius 2 is 0.852 bits per heavy atom. The zero-order valence-corrected chi connectivity index (χ0v) is 37.5. The van der Waals surface area contributed by atoms with Gasteiger partial charge in [-0.05, 0) is 145 Å². The Morgan fingerprint density at radius 3 is 1.18 bits per heavy atom. The molecule has 0 aliphatic carbocycles. The minimum Gasteiger partial charge on any atom is -0.310 e. The van der Waals surface area contributed by atoms with Crippen LogP contribution in [0.5, 0.6) is 0 Å². The third-order valence-electron chi connectivity index (χ3n) is 12.8. The molecular weight excluding hydrogens is 741 g/mol. The highest BCUT2D eigenvalue weighted by atomic mass is 15.2. The molecule has 0 radical (unpaired) electrons. The van der Waals surface area contributed by atoms with Crippen molar-refractivity contribution in [3.05, 3.63) is 167 Å². The maximum absolute atomic E-state index is 9.78. The van der Waals surface area contributed by atoms with E-state index in [0.29, 0.717) is 11.6 Å². The lowest BCUT2D eigenvalue weighted by atomic mass is 9.83. The highest BCUT2D eigenvalue weighted by Gasteiger charge is 2.28. The fraction of sp³-hybridized carbons (Fsp3) is 0.281. The van der Waals surface area contributed by atoms with E-state index < -0.39 is 0 Å². The molecule has 0 unspecified atom stereocenters. The average Bonchev–Trinajstić information content (AvgIpc) is 4.10. The molecule has 9 rings (SSSR count). The van der Waals surface area contributed by atoms with E-state index in [2.05, 4.69) is 212 Å². The Labute approximate surface area is 362 Å². The summed E-state index contributed by atoms with van der Waals surface area (Å²) in [6.45, 7) is 24.0. The Morgan fingerprint density at radius 1 is 0.508 bits per heavy atom. The molecule has 0 amide bonds. The Bertz CT molecular complexity index is 2910.